The van der Waals surface area contributed by atoms with Gasteiger partial charge in [-0.3, -0.25) is 4.79 Å². The van der Waals surface area contributed by atoms with Crippen molar-refractivity contribution in [1.82, 2.24) is 5.32 Å². The van der Waals surface area contributed by atoms with Crippen LogP contribution in [0.2, 0.25) is 0 Å². The van der Waals surface area contributed by atoms with Gasteiger partial charge in [-0.25, -0.2) is 0 Å². The fourth-order valence-electron chi connectivity index (χ4n) is 8.70. The number of nitrogens with one attached hydrogen (secondary N) is 1. The van der Waals surface area contributed by atoms with Gasteiger partial charge in [-0.05, 0) is 19.3 Å². The van der Waals surface area contributed by atoms with Crippen molar-refractivity contribution in [2.75, 3.05) is 19.8 Å². The lowest BCUT2D eigenvalue weighted by molar-refractivity contribution is -0.359. The van der Waals surface area contributed by atoms with Crippen LogP contribution in [0.4, 0.5) is 0 Å². The third kappa shape index (κ3) is 24.7. The molecule has 0 aliphatic carbocycles. The van der Waals surface area contributed by atoms with Gasteiger partial charge in [-0.1, -0.05) is 193 Å². The van der Waals surface area contributed by atoms with Crippen molar-refractivity contribution in [3.05, 3.63) is 12.2 Å². The molecule has 2 heterocycles. The third-order valence-electron chi connectivity index (χ3n) is 13.0. The van der Waals surface area contributed by atoms with Crippen molar-refractivity contribution in [2.45, 2.75) is 280 Å². The normalized spacial score (nSPS) is 27.3. The molecule has 14 nitrogen and oxygen atoms in total. The Balaban J connectivity index is 1.83. The van der Waals surface area contributed by atoms with Gasteiger partial charge in [-0.15, -0.1) is 0 Å². The van der Waals surface area contributed by atoms with Crippen LogP contribution in [0.25, 0.3) is 0 Å². The van der Waals surface area contributed by atoms with Gasteiger partial charge in [0, 0.05) is 6.42 Å². The van der Waals surface area contributed by atoms with Gasteiger partial charge in [0.1, 0.15) is 48.8 Å². The van der Waals surface area contributed by atoms with Gasteiger partial charge in [0.05, 0.1) is 32.0 Å². The molecule has 9 N–H and O–H groups in total. The number of aliphatic hydroxyl groups is 8. The summed E-state index contributed by atoms with van der Waals surface area (Å²) in [5.74, 6) is -0.237. The first-order chi connectivity index (χ1) is 31.1. The second-order valence-electron chi connectivity index (χ2n) is 18.7. The molecule has 64 heavy (non-hydrogen) atoms. The minimum atomic E-state index is -1.78. The number of allylic oxidation sites excluding steroid dienone is 1. The van der Waals surface area contributed by atoms with Gasteiger partial charge >= 0.3 is 0 Å². The molecule has 0 radical (unpaired) electrons. The summed E-state index contributed by atoms with van der Waals surface area (Å²) in [5.41, 5.74) is 0. The van der Waals surface area contributed by atoms with Crippen LogP contribution in [-0.4, -0.2) is 140 Å². The lowest BCUT2D eigenvalue weighted by Gasteiger charge is -2.46. The Bertz CT molecular complexity index is 1130. The monoisotopic (exact) mass is 918 g/mol. The summed E-state index contributed by atoms with van der Waals surface area (Å²) in [6.45, 7) is 2.79. The largest absolute Gasteiger partial charge is 0.394 e. The Labute approximate surface area is 386 Å². The minimum absolute atomic E-state index is 0.237. The molecule has 2 rings (SSSR count). The summed E-state index contributed by atoms with van der Waals surface area (Å²) in [6, 6.07) is -0.907. The van der Waals surface area contributed by atoms with E-state index in [0.717, 1.165) is 38.5 Å². The van der Waals surface area contributed by atoms with Gasteiger partial charge < -0.3 is 65.1 Å². The lowest BCUT2D eigenvalue weighted by Crippen LogP contribution is -2.65. The molecule has 0 aromatic rings. The molecule has 12 atom stereocenters. The van der Waals surface area contributed by atoms with Crippen molar-refractivity contribution in [2.24, 2.45) is 0 Å². The van der Waals surface area contributed by atoms with Crippen molar-refractivity contribution in [3.63, 3.8) is 0 Å². The topological polar surface area (TPSA) is 228 Å². The van der Waals surface area contributed by atoms with Gasteiger partial charge in [-0.2, -0.15) is 0 Å². The average Bonchev–Trinajstić information content (AvgIpc) is 3.29. The Morgan fingerprint density at radius 2 is 0.969 bits per heavy atom. The summed E-state index contributed by atoms with van der Waals surface area (Å²) in [4.78, 5) is 13.2. The zero-order valence-electron chi connectivity index (χ0n) is 40.0. The van der Waals surface area contributed by atoms with Crippen molar-refractivity contribution < 1.29 is 64.6 Å². The number of rotatable bonds is 40. The number of hydrogen-bond donors (Lipinski definition) is 9. The van der Waals surface area contributed by atoms with Crippen LogP contribution < -0.4 is 5.32 Å². The molecule has 0 saturated carbocycles. The summed E-state index contributed by atoms with van der Waals surface area (Å²) in [7, 11) is 0. The molecule has 378 valence electrons. The van der Waals surface area contributed by atoms with Crippen LogP contribution in [0.3, 0.4) is 0 Å². The Morgan fingerprint density at radius 1 is 0.547 bits per heavy atom. The van der Waals surface area contributed by atoms with Crippen LogP contribution in [0.5, 0.6) is 0 Å². The molecule has 1 amide bonds. The summed E-state index contributed by atoms with van der Waals surface area (Å²) in [5, 5.41) is 86.7. The zero-order valence-corrected chi connectivity index (χ0v) is 40.0. The highest BCUT2D eigenvalue weighted by atomic mass is 16.7. The molecule has 0 spiro atoms. The van der Waals surface area contributed by atoms with E-state index in [1.54, 1.807) is 6.08 Å². The SMILES string of the molecule is CCCCCCCCCCCCC/C=C\C(O)C(CO[C@@H]1O[C@H](CO)[C@H](O[C@H]2O[C@H](CO)[C@H](O)[C@H](O)[C@H]2O)[C@H](O)[C@H]1O)NC(=O)CCCCCCCCCCCCCCCCCCC. The molecule has 2 aliphatic rings. The molecular weight excluding hydrogens is 823 g/mol. The molecule has 2 fully saturated rings. The number of hydrogen-bond acceptors (Lipinski definition) is 13. The van der Waals surface area contributed by atoms with Crippen molar-refractivity contribution in [1.29, 1.82) is 0 Å². The van der Waals surface area contributed by atoms with Crippen LogP contribution >= 0.6 is 0 Å². The van der Waals surface area contributed by atoms with Crippen LogP contribution in [0.15, 0.2) is 12.2 Å². The number of ether oxygens (including phenoxy) is 4. The van der Waals surface area contributed by atoms with E-state index in [1.165, 1.54) is 141 Å². The highest BCUT2D eigenvalue weighted by Crippen LogP contribution is 2.30. The lowest BCUT2D eigenvalue weighted by atomic mass is 9.97. The Hall–Kier alpha value is -1.27. The van der Waals surface area contributed by atoms with Crippen molar-refractivity contribution >= 4 is 5.91 Å². The molecular formula is C50H95NO13. The standard InChI is InChI=1S/C50H95NO13/c1-3-5-7-9-11-13-15-17-18-19-20-22-24-26-28-30-32-34-42(55)51-38(39(54)33-31-29-27-25-23-21-16-14-12-10-8-6-4-2)37-61-49-47(60)45(58)48(41(36-53)63-49)64-50-46(59)44(57)43(56)40(35-52)62-50/h31,33,38-41,43-50,52-54,56-60H,3-30,32,34-37H2,1-2H3,(H,51,55)/b33-31-/t38?,39?,40-,41-,43+,44+,45-,46-,47-,48+,49-,50-/m1/s1. The highest BCUT2D eigenvalue weighted by Gasteiger charge is 2.51. The molecule has 2 aliphatic heterocycles. The first-order valence-corrected chi connectivity index (χ1v) is 25.9. The Kier molecular flexibility index (Phi) is 34.7. The van der Waals surface area contributed by atoms with E-state index in [-0.39, 0.29) is 18.9 Å². The first-order valence-electron chi connectivity index (χ1n) is 25.9. The fourth-order valence-corrected chi connectivity index (χ4v) is 8.70. The predicted molar refractivity (Wildman–Crippen MR) is 249 cm³/mol. The third-order valence-corrected chi connectivity index (χ3v) is 13.0. The van der Waals surface area contributed by atoms with Crippen molar-refractivity contribution in [3.8, 4) is 0 Å². The van der Waals surface area contributed by atoms with E-state index in [1.807, 2.05) is 6.08 Å². The maximum absolute atomic E-state index is 13.2. The van der Waals surface area contributed by atoms with E-state index in [2.05, 4.69) is 19.2 Å². The van der Waals surface area contributed by atoms with E-state index < -0.39 is 86.8 Å². The second-order valence-corrected chi connectivity index (χ2v) is 18.7. The smallest absolute Gasteiger partial charge is 0.220 e. The minimum Gasteiger partial charge on any atom is -0.394 e. The predicted octanol–water partition coefficient (Wildman–Crippen LogP) is 6.77. The maximum Gasteiger partial charge on any atom is 0.220 e. The molecule has 0 aromatic carbocycles. The number of carbonyl (C=O) groups is 1. The quantitative estimate of drug-likeness (QED) is 0.0229. The second kappa shape index (κ2) is 37.7. The molecule has 2 saturated heterocycles. The number of amides is 1. The van der Waals surface area contributed by atoms with E-state index in [9.17, 15) is 45.6 Å². The van der Waals surface area contributed by atoms with E-state index in [4.69, 9.17) is 18.9 Å². The number of carbonyl (C=O) groups excluding carboxylic acids is 1. The van der Waals surface area contributed by atoms with E-state index in [0.29, 0.717) is 6.42 Å². The van der Waals surface area contributed by atoms with Crippen LogP contribution in [0, 0.1) is 0 Å². The fraction of sp³-hybridized carbons (Fsp3) is 0.940. The van der Waals surface area contributed by atoms with E-state index >= 15 is 0 Å². The van der Waals surface area contributed by atoms with Gasteiger partial charge in [0.15, 0.2) is 12.6 Å². The zero-order chi connectivity index (χ0) is 46.8. The molecule has 0 bridgehead atoms. The number of aliphatic hydroxyl groups excluding tert-OH is 8. The highest BCUT2D eigenvalue weighted by molar-refractivity contribution is 5.76. The molecule has 0 aromatic heterocycles. The summed E-state index contributed by atoms with van der Waals surface area (Å²) < 4.78 is 22.7. The van der Waals surface area contributed by atoms with Gasteiger partial charge in [0.25, 0.3) is 0 Å². The summed E-state index contributed by atoms with van der Waals surface area (Å²) >= 11 is 0. The molecule has 14 heteroatoms. The first kappa shape index (κ1) is 58.9. The maximum atomic E-state index is 13.2. The summed E-state index contributed by atoms with van der Waals surface area (Å²) in [6.07, 6.45) is 22.5. The van der Waals surface area contributed by atoms with Gasteiger partial charge in [0.2, 0.25) is 5.91 Å². The van der Waals surface area contributed by atoms with Crippen LogP contribution in [-0.2, 0) is 23.7 Å². The molecule has 2 unspecified atom stereocenters. The number of unbranched alkanes of at least 4 members (excludes halogenated alkanes) is 27. The Morgan fingerprint density at radius 3 is 1.44 bits per heavy atom. The average molecular weight is 918 g/mol. The van der Waals surface area contributed by atoms with Crippen LogP contribution in [0.1, 0.15) is 206 Å².